The van der Waals surface area contributed by atoms with E-state index in [-0.39, 0.29) is 17.4 Å². The van der Waals surface area contributed by atoms with Crippen LogP contribution in [0.3, 0.4) is 0 Å². The second kappa shape index (κ2) is 11.6. The SMILES string of the molecule is C=S1(=O)CCC2(CCN(Cc3nc4c(N=CN(C)C)cc(N5CCOCC5)nn4c3Cc3cccc(C(F)(F)F)c3C)C2)C1. The number of rotatable bonds is 7. The van der Waals surface area contributed by atoms with Crippen LogP contribution in [0.5, 0.6) is 0 Å². The van der Waals surface area contributed by atoms with Gasteiger partial charge in [-0.3, -0.25) is 9.11 Å². The number of hydrogen-bond acceptors (Lipinski definition) is 7. The summed E-state index contributed by atoms with van der Waals surface area (Å²) in [6.07, 6.45) is -0.650. The highest BCUT2D eigenvalue weighted by atomic mass is 32.2. The van der Waals surface area contributed by atoms with Gasteiger partial charge in [0, 0.05) is 64.3 Å². The minimum Gasteiger partial charge on any atom is -0.378 e. The molecule has 2 unspecified atom stereocenters. The number of morpholine rings is 1. The Balaban J connectivity index is 1.46. The molecule has 44 heavy (non-hydrogen) atoms. The Labute approximate surface area is 256 Å². The summed E-state index contributed by atoms with van der Waals surface area (Å²) in [5.74, 6) is 6.01. The van der Waals surface area contributed by atoms with Crippen LogP contribution in [0.2, 0.25) is 0 Å². The van der Waals surface area contributed by atoms with Gasteiger partial charge < -0.3 is 14.5 Å². The molecule has 3 aliphatic rings. The van der Waals surface area contributed by atoms with Crippen molar-refractivity contribution in [1.29, 1.82) is 0 Å². The van der Waals surface area contributed by atoms with Crippen molar-refractivity contribution < 1.29 is 22.1 Å². The average molecular weight is 632 g/mol. The van der Waals surface area contributed by atoms with Crippen molar-refractivity contribution in [2.24, 2.45) is 10.4 Å². The summed E-state index contributed by atoms with van der Waals surface area (Å²) in [7, 11) is 1.74. The number of fused-ring (bicyclic) bond motifs is 1. The van der Waals surface area contributed by atoms with Crippen LogP contribution in [-0.2, 0) is 33.4 Å². The lowest BCUT2D eigenvalue weighted by Gasteiger charge is -2.28. The Bertz CT molecular complexity index is 1680. The molecule has 6 rings (SSSR count). The second-order valence-electron chi connectivity index (χ2n) is 12.7. The summed E-state index contributed by atoms with van der Waals surface area (Å²) in [5, 5.41) is 5.02. The molecule has 0 saturated carbocycles. The Morgan fingerprint density at radius 1 is 1.20 bits per heavy atom. The van der Waals surface area contributed by atoms with Gasteiger partial charge >= 0.3 is 6.18 Å². The van der Waals surface area contributed by atoms with Gasteiger partial charge in [-0.1, -0.05) is 12.1 Å². The molecule has 0 bridgehead atoms. The maximum absolute atomic E-state index is 13.9. The van der Waals surface area contributed by atoms with E-state index in [1.807, 2.05) is 25.1 Å². The zero-order valence-electron chi connectivity index (χ0n) is 25.6. The molecule has 0 N–H and O–H groups in total. The van der Waals surface area contributed by atoms with Gasteiger partial charge in [0.25, 0.3) is 0 Å². The van der Waals surface area contributed by atoms with Crippen LogP contribution in [0.25, 0.3) is 5.65 Å². The minimum absolute atomic E-state index is 0.00129. The Morgan fingerprint density at radius 3 is 2.66 bits per heavy atom. The normalized spacial score (nSPS) is 24.8. The van der Waals surface area contributed by atoms with Gasteiger partial charge in [0.2, 0.25) is 0 Å². The first-order valence-electron chi connectivity index (χ1n) is 15.0. The van der Waals surface area contributed by atoms with E-state index >= 15 is 0 Å². The topological polar surface area (TPSA) is 78.6 Å². The van der Waals surface area contributed by atoms with Gasteiger partial charge in [0.15, 0.2) is 11.5 Å². The van der Waals surface area contributed by atoms with Crippen LogP contribution in [0.15, 0.2) is 29.3 Å². The zero-order valence-corrected chi connectivity index (χ0v) is 26.4. The van der Waals surface area contributed by atoms with Crippen molar-refractivity contribution in [1.82, 2.24) is 24.4 Å². The molecule has 238 valence electrons. The lowest BCUT2D eigenvalue weighted by Crippen LogP contribution is -2.37. The third kappa shape index (κ3) is 6.32. The van der Waals surface area contributed by atoms with Gasteiger partial charge in [-0.2, -0.15) is 13.2 Å². The predicted octanol–water partition coefficient (Wildman–Crippen LogP) is 4.02. The average Bonchev–Trinajstić information content (AvgIpc) is 3.62. The first-order valence-corrected chi connectivity index (χ1v) is 17.0. The van der Waals surface area contributed by atoms with Crippen LogP contribution in [0.1, 0.15) is 40.9 Å². The van der Waals surface area contributed by atoms with Gasteiger partial charge in [-0.05, 0) is 64.3 Å². The van der Waals surface area contributed by atoms with Crippen molar-refractivity contribution in [2.75, 3.05) is 69.9 Å². The lowest BCUT2D eigenvalue weighted by atomic mass is 9.87. The van der Waals surface area contributed by atoms with Crippen LogP contribution in [-0.4, -0.2) is 106 Å². The number of imidazole rings is 1. The number of benzene rings is 1. The van der Waals surface area contributed by atoms with E-state index in [1.54, 1.807) is 16.9 Å². The van der Waals surface area contributed by atoms with E-state index < -0.39 is 21.3 Å². The van der Waals surface area contributed by atoms with Crippen molar-refractivity contribution in [3.8, 4) is 0 Å². The van der Waals surface area contributed by atoms with Crippen molar-refractivity contribution in [3.63, 3.8) is 0 Å². The quantitative estimate of drug-likeness (QED) is 0.222. The first kappa shape index (κ1) is 30.8. The summed E-state index contributed by atoms with van der Waals surface area (Å²) in [6.45, 7) is 6.18. The molecule has 5 heterocycles. The smallest absolute Gasteiger partial charge is 0.378 e. The number of alkyl halides is 3. The summed E-state index contributed by atoms with van der Waals surface area (Å²) < 4.78 is 61.7. The molecule has 3 aromatic rings. The molecule has 9 nitrogen and oxygen atoms in total. The fraction of sp³-hybridized carbons (Fsp3) is 0.548. The van der Waals surface area contributed by atoms with E-state index in [0.717, 1.165) is 43.4 Å². The number of anilines is 1. The van der Waals surface area contributed by atoms with Crippen molar-refractivity contribution in [3.05, 3.63) is 52.3 Å². The highest BCUT2D eigenvalue weighted by Crippen LogP contribution is 2.42. The molecular weight excluding hydrogens is 591 g/mol. The molecule has 1 spiro atoms. The maximum Gasteiger partial charge on any atom is 0.416 e. The van der Waals surface area contributed by atoms with Gasteiger partial charge in [-0.25, -0.2) is 14.5 Å². The van der Waals surface area contributed by atoms with E-state index in [0.29, 0.717) is 67.1 Å². The fourth-order valence-corrected chi connectivity index (χ4v) is 9.21. The highest BCUT2D eigenvalue weighted by molar-refractivity contribution is 8.00. The third-order valence-corrected chi connectivity index (χ3v) is 11.2. The summed E-state index contributed by atoms with van der Waals surface area (Å²) in [5.41, 5.74) is 2.84. The third-order valence-electron chi connectivity index (χ3n) is 9.06. The first-order chi connectivity index (χ1) is 20.8. The molecule has 0 aliphatic carbocycles. The van der Waals surface area contributed by atoms with E-state index in [4.69, 9.17) is 19.8 Å². The number of aliphatic imine (C=N–C) groups is 1. The van der Waals surface area contributed by atoms with Crippen LogP contribution >= 0.6 is 0 Å². The predicted molar refractivity (Wildman–Crippen MR) is 169 cm³/mol. The summed E-state index contributed by atoms with van der Waals surface area (Å²) in [6, 6.07) is 6.26. The molecule has 13 heteroatoms. The van der Waals surface area contributed by atoms with E-state index in [2.05, 4.69) is 15.7 Å². The van der Waals surface area contributed by atoms with Crippen molar-refractivity contribution in [2.45, 2.75) is 38.9 Å². The Morgan fingerprint density at radius 2 is 1.98 bits per heavy atom. The Kier molecular flexibility index (Phi) is 8.16. The van der Waals surface area contributed by atoms with Gasteiger partial charge in [-0.15, -0.1) is 5.10 Å². The number of aromatic nitrogens is 3. The minimum atomic E-state index is -4.45. The van der Waals surface area contributed by atoms with E-state index in [9.17, 15) is 17.4 Å². The monoisotopic (exact) mass is 631 g/mol. The summed E-state index contributed by atoms with van der Waals surface area (Å²) >= 11 is 0. The van der Waals surface area contributed by atoms with Crippen LogP contribution in [0.4, 0.5) is 24.7 Å². The van der Waals surface area contributed by atoms with Crippen LogP contribution < -0.4 is 4.90 Å². The number of hydrogen-bond donors (Lipinski definition) is 0. The Hall–Kier alpha value is -3.16. The molecule has 0 amide bonds. The number of halogens is 3. The lowest BCUT2D eigenvalue weighted by molar-refractivity contribution is -0.138. The maximum atomic E-state index is 13.9. The highest BCUT2D eigenvalue weighted by Gasteiger charge is 2.44. The number of ether oxygens (including phenoxy) is 1. The van der Waals surface area contributed by atoms with Gasteiger partial charge in [0.1, 0.15) is 5.69 Å². The fourth-order valence-electron chi connectivity index (χ4n) is 6.77. The molecule has 1 aromatic carbocycles. The zero-order chi connectivity index (χ0) is 31.3. The van der Waals surface area contributed by atoms with Crippen molar-refractivity contribution >= 4 is 38.9 Å². The van der Waals surface area contributed by atoms with Gasteiger partial charge in [0.05, 0.1) is 36.5 Å². The van der Waals surface area contributed by atoms with E-state index in [1.165, 1.54) is 13.0 Å². The molecule has 3 fully saturated rings. The number of nitrogens with zero attached hydrogens (tertiary/aromatic N) is 7. The molecular formula is C31H40F3N7O2S. The molecule has 3 saturated heterocycles. The number of likely N-dealkylation sites (tertiary alicyclic amines) is 1. The molecule has 3 aliphatic heterocycles. The standard InChI is InChI=1S/C31H40F3N7O2S/c1-22-23(6-5-7-24(22)31(32,33)34)16-27-26(18-39-10-8-30(19-39)9-15-44(4,42)20-30)36-29-25(35-21-38(2)3)17-28(37-41(27)29)40-11-13-43-14-12-40/h5-7,17,21H,4,8-16,18-20H2,1-3H3. The second-order valence-corrected chi connectivity index (χ2v) is 15.4. The largest absolute Gasteiger partial charge is 0.416 e. The van der Waals surface area contributed by atoms with Crippen LogP contribution in [0, 0.1) is 12.3 Å². The molecule has 2 atom stereocenters. The summed E-state index contributed by atoms with van der Waals surface area (Å²) in [4.78, 5) is 16.1. The molecule has 2 aromatic heterocycles. The molecule has 0 radical (unpaired) electrons.